The van der Waals surface area contributed by atoms with Crippen molar-refractivity contribution in [1.29, 1.82) is 0 Å². The second-order valence-corrected chi connectivity index (χ2v) is 6.80. The van der Waals surface area contributed by atoms with Crippen LogP contribution in [0.4, 0.5) is 0 Å². The Morgan fingerprint density at radius 3 is 2.62 bits per heavy atom. The van der Waals surface area contributed by atoms with Gasteiger partial charge in [0.15, 0.2) is 0 Å². The number of halogens is 1. The molecule has 0 aliphatic carbocycles. The fourth-order valence-electron chi connectivity index (χ4n) is 2.21. The number of thiophene rings is 1. The molecule has 0 radical (unpaired) electrons. The number of carbonyl (C=O) groups excluding carboxylic acids is 1. The van der Waals surface area contributed by atoms with Gasteiger partial charge in [-0.1, -0.05) is 11.6 Å². The first-order valence-electron chi connectivity index (χ1n) is 7.50. The second kappa shape index (κ2) is 8.76. The van der Waals surface area contributed by atoms with Crippen molar-refractivity contribution in [2.75, 3.05) is 20.8 Å². The monoisotopic (exact) mass is 365 g/mol. The second-order valence-electron chi connectivity index (χ2n) is 5.00. The predicted octanol–water partition coefficient (Wildman–Crippen LogP) is 4.48. The van der Waals surface area contributed by atoms with E-state index in [1.54, 1.807) is 31.3 Å². The third kappa shape index (κ3) is 4.76. The van der Waals surface area contributed by atoms with Crippen LogP contribution >= 0.6 is 22.9 Å². The summed E-state index contributed by atoms with van der Waals surface area (Å²) in [7, 11) is 3.20. The minimum Gasteiger partial charge on any atom is -0.497 e. The van der Waals surface area contributed by atoms with Crippen LogP contribution in [0.2, 0.25) is 4.34 Å². The van der Waals surface area contributed by atoms with E-state index in [2.05, 4.69) is 0 Å². The number of hydrogen-bond donors (Lipinski definition) is 0. The third-order valence-electron chi connectivity index (χ3n) is 3.51. The first kappa shape index (κ1) is 18.4. The van der Waals surface area contributed by atoms with E-state index in [-0.39, 0.29) is 5.91 Å². The standard InChI is InChI=1S/C18H20ClNO3S/c1-4-20(12-15-7-9-17(19)24-15)18(21)10-5-13-11-14(22-2)6-8-16(13)23-3/h5-11H,4,12H2,1-3H3/b10-5+. The van der Waals surface area contributed by atoms with Crippen LogP contribution in [-0.4, -0.2) is 31.6 Å². The lowest BCUT2D eigenvalue weighted by Gasteiger charge is -2.18. The Balaban J connectivity index is 2.13. The Morgan fingerprint density at radius 1 is 1.25 bits per heavy atom. The molecule has 1 amide bonds. The van der Waals surface area contributed by atoms with E-state index in [1.165, 1.54) is 11.3 Å². The molecule has 0 aliphatic heterocycles. The van der Waals surface area contributed by atoms with Crippen LogP contribution in [0, 0.1) is 0 Å². The quantitative estimate of drug-likeness (QED) is 0.679. The Kier molecular flexibility index (Phi) is 6.70. The first-order valence-corrected chi connectivity index (χ1v) is 8.70. The van der Waals surface area contributed by atoms with E-state index < -0.39 is 0 Å². The lowest BCUT2D eigenvalue weighted by Crippen LogP contribution is -2.28. The summed E-state index contributed by atoms with van der Waals surface area (Å²) in [4.78, 5) is 15.3. The molecule has 0 fully saturated rings. The topological polar surface area (TPSA) is 38.8 Å². The third-order valence-corrected chi connectivity index (χ3v) is 4.73. The van der Waals surface area contributed by atoms with Crippen molar-refractivity contribution in [3.8, 4) is 11.5 Å². The van der Waals surface area contributed by atoms with Crippen molar-refractivity contribution in [1.82, 2.24) is 4.90 Å². The number of likely N-dealkylation sites (N-methyl/N-ethyl adjacent to an activating group) is 1. The number of rotatable bonds is 7. The van der Waals surface area contributed by atoms with Crippen molar-refractivity contribution in [2.24, 2.45) is 0 Å². The van der Waals surface area contributed by atoms with E-state index in [0.29, 0.717) is 24.6 Å². The summed E-state index contributed by atoms with van der Waals surface area (Å²) in [6.45, 7) is 3.12. The summed E-state index contributed by atoms with van der Waals surface area (Å²) in [6, 6.07) is 9.25. The van der Waals surface area contributed by atoms with Gasteiger partial charge in [-0.3, -0.25) is 4.79 Å². The van der Waals surface area contributed by atoms with Gasteiger partial charge in [0.1, 0.15) is 11.5 Å². The highest BCUT2D eigenvalue weighted by Gasteiger charge is 2.11. The average molecular weight is 366 g/mol. The highest BCUT2D eigenvalue weighted by molar-refractivity contribution is 7.16. The minimum absolute atomic E-state index is 0.0631. The summed E-state index contributed by atoms with van der Waals surface area (Å²) < 4.78 is 11.3. The van der Waals surface area contributed by atoms with E-state index in [9.17, 15) is 4.79 Å². The number of nitrogens with zero attached hydrogens (tertiary/aromatic N) is 1. The van der Waals surface area contributed by atoms with E-state index in [0.717, 1.165) is 14.8 Å². The van der Waals surface area contributed by atoms with Crippen molar-refractivity contribution < 1.29 is 14.3 Å². The van der Waals surface area contributed by atoms with Crippen LogP contribution < -0.4 is 9.47 Å². The number of benzene rings is 1. The first-order chi connectivity index (χ1) is 11.6. The van der Waals surface area contributed by atoms with Crippen LogP contribution in [0.1, 0.15) is 17.4 Å². The molecule has 0 spiro atoms. The van der Waals surface area contributed by atoms with Crippen molar-refractivity contribution in [3.05, 3.63) is 51.2 Å². The lowest BCUT2D eigenvalue weighted by molar-refractivity contribution is -0.126. The summed E-state index contributed by atoms with van der Waals surface area (Å²) in [5.74, 6) is 1.34. The maximum Gasteiger partial charge on any atom is 0.246 e. The molecule has 24 heavy (non-hydrogen) atoms. The molecule has 128 valence electrons. The smallest absolute Gasteiger partial charge is 0.246 e. The van der Waals surface area contributed by atoms with Gasteiger partial charge in [-0.15, -0.1) is 11.3 Å². The molecule has 1 heterocycles. The van der Waals surface area contributed by atoms with Gasteiger partial charge < -0.3 is 14.4 Å². The number of amides is 1. The van der Waals surface area contributed by atoms with Crippen LogP contribution in [0.15, 0.2) is 36.4 Å². The molecule has 0 N–H and O–H groups in total. The number of ether oxygens (including phenoxy) is 2. The molecule has 1 aromatic heterocycles. The summed E-state index contributed by atoms with van der Waals surface area (Å²) in [5.41, 5.74) is 0.792. The molecule has 2 rings (SSSR count). The fourth-order valence-corrected chi connectivity index (χ4v) is 3.31. The molecule has 4 nitrogen and oxygen atoms in total. The predicted molar refractivity (Wildman–Crippen MR) is 99.0 cm³/mol. The summed E-state index contributed by atoms with van der Waals surface area (Å²) >= 11 is 7.43. The molecule has 2 aromatic rings. The van der Waals surface area contributed by atoms with Gasteiger partial charge in [0.2, 0.25) is 5.91 Å². The molecule has 0 aliphatic rings. The summed E-state index contributed by atoms with van der Waals surface area (Å²) in [5, 5.41) is 0. The van der Waals surface area contributed by atoms with Gasteiger partial charge in [-0.2, -0.15) is 0 Å². The zero-order valence-corrected chi connectivity index (χ0v) is 15.5. The minimum atomic E-state index is -0.0631. The molecule has 6 heteroatoms. The molecular weight excluding hydrogens is 346 g/mol. The van der Waals surface area contributed by atoms with Crippen molar-refractivity contribution in [2.45, 2.75) is 13.5 Å². The number of methoxy groups -OCH3 is 2. The van der Waals surface area contributed by atoms with Gasteiger partial charge in [0.25, 0.3) is 0 Å². The summed E-state index contributed by atoms with van der Waals surface area (Å²) in [6.07, 6.45) is 3.30. The van der Waals surface area contributed by atoms with Crippen molar-refractivity contribution in [3.63, 3.8) is 0 Å². The van der Waals surface area contributed by atoms with Gasteiger partial charge in [-0.25, -0.2) is 0 Å². The zero-order chi connectivity index (χ0) is 17.5. The Bertz CT molecular complexity index is 727. The number of carbonyl (C=O) groups is 1. The fraction of sp³-hybridized carbons (Fsp3) is 0.278. The van der Waals surface area contributed by atoms with E-state index in [4.69, 9.17) is 21.1 Å². The SMILES string of the molecule is CCN(Cc1ccc(Cl)s1)C(=O)/C=C/c1cc(OC)ccc1OC. The van der Waals surface area contributed by atoms with Gasteiger partial charge >= 0.3 is 0 Å². The van der Waals surface area contributed by atoms with E-state index >= 15 is 0 Å². The van der Waals surface area contributed by atoms with Crippen LogP contribution in [0.5, 0.6) is 11.5 Å². The van der Waals surface area contributed by atoms with E-state index in [1.807, 2.05) is 37.3 Å². The average Bonchev–Trinajstić information content (AvgIpc) is 3.02. The maximum atomic E-state index is 12.5. The van der Waals surface area contributed by atoms with Crippen molar-refractivity contribution >= 4 is 34.9 Å². The highest BCUT2D eigenvalue weighted by atomic mass is 35.5. The molecule has 0 unspecified atom stereocenters. The lowest BCUT2D eigenvalue weighted by atomic mass is 10.1. The maximum absolute atomic E-state index is 12.5. The van der Waals surface area contributed by atoms with Crippen LogP contribution in [-0.2, 0) is 11.3 Å². The Labute approximate surface area is 151 Å². The molecular formula is C18H20ClNO3S. The Hall–Kier alpha value is -1.98. The zero-order valence-electron chi connectivity index (χ0n) is 13.9. The largest absolute Gasteiger partial charge is 0.497 e. The van der Waals surface area contributed by atoms with Gasteiger partial charge in [0, 0.05) is 23.1 Å². The molecule has 1 aromatic carbocycles. The van der Waals surface area contributed by atoms with Gasteiger partial charge in [-0.05, 0) is 43.3 Å². The molecule has 0 atom stereocenters. The highest BCUT2D eigenvalue weighted by Crippen LogP contribution is 2.25. The van der Waals surface area contributed by atoms with Crippen LogP contribution in [0.25, 0.3) is 6.08 Å². The molecule has 0 saturated carbocycles. The molecule has 0 bridgehead atoms. The Morgan fingerprint density at radius 2 is 2.04 bits per heavy atom. The normalized spacial score (nSPS) is 10.8. The molecule has 0 saturated heterocycles. The van der Waals surface area contributed by atoms with Gasteiger partial charge in [0.05, 0.1) is 25.1 Å². The number of hydrogen-bond acceptors (Lipinski definition) is 4. The van der Waals surface area contributed by atoms with Crippen LogP contribution in [0.3, 0.4) is 0 Å².